The van der Waals surface area contributed by atoms with Crippen LogP contribution in [0, 0.1) is 5.92 Å². The number of hydrogen-bond acceptors (Lipinski definition) is 4. The van der Waals surface area contributed by atoms with Gasteiger partial charge in [-0.05, 0) is 12.1 Å². The number of amides is 1. The molecule has 1 aliphatic rings. The monoisotopic (exact) mass is 264 g/mol. The van der Waals surface area contributed by atoms with Crippen molar-refractivity contribution in [3.63, 3.8) is 0 Å². The van der Waals surface area contributed by atoms with E-state index in [-0.39, 0.29) is 12.5 Å². The SMILES string of the molecule is O=C(COCCOc1ccccc1)NCC1CNC1. The second kappa shape index (κ2) is 7.76. The summed E-state index contributed by atoms with van der Waals surface area (Å²) in [7, 11) is 0. The van der Waals surface area contributed by atoms with Crippen LogP contribution in [-0.2, 0) is 9.53 Å². The zero-order valence-corrected chi connectivity index (χ0v) is 10.9. The number of carbonyl (C=O) groups is 1. The Bertz CT molecular complexity index is 380. The highest BCUT2D eigenvalue weighted by molar-refractivity contribution is 5.77. The van der Waals surface area contributed by atoms with E-state index in [1.54, 1.807) is 0 Å². The second-order valence-electron chi connectivity index (χ2n) is 4.54. The predicted molar refractivity (Wildman–Crippen MR) is 72.1 cm³/mol. The summed E-state index contributed by atoms with van der Waals surface area (Å²) in [6.07, 6.45) is 0. The van der Waals surface area contributed by atoms with Crippen LogP contribution in [-0.4, -0.2) is 45.4 Å². The van der Waals surface area contributed by atoms with Crippen LogP contribution in [0.5, 0.6) is 5.75 Å². The van der Waals surface area contributed by atoms with Crippen molar-refractivity contribution in [3.05, 3.63) is 30.3 Å². The molecule has 1 aliphatic heterocycles. The maximum absolute atomic E-state index is 11.4. The molecule has 1 heterocycles. The van der Waals surface area contributed by atoms with Crippen molar-refractivity contribution in [2.45, 2.75) is 0 Å². The van der Waals surface area contributed by atoms with Crippen molar-refractivity contribution in [1.29, 1.82) is 0 Å². The molecule has 0 atom stereocenters. The third kappa shape index (κ3) is 5.28. The molecule has 0 bridgehead atoms. The molecular weight excluding hydrogens is 244 g/mol. The third-order valence-corrected chi connectivity index (χ3v) is 2.93. The summed E-state index contributed by atoms with van der Waals surface area (Å²) in [6, 6.07) is 9.54. The average molecular weight is 264 g/mol. The topological polar surface area (TPSA) is 59.6 Å². The minimum atomic E-state index is -0.0633. The van der Waals surface area contributed by atoms with Gasteiger partial charge in [-0.15, -0.1) is 0 Å². The molecule has 1 aromatic rings. The molecule has 104 valence electrons. The summed E-state index contributed by atoms with van der Waals surface area (Å²) in [4.78, 5) is 11.4. The van der Waals surface area contributed by atoms with Crippen molar-refractivity contribution in [2.75, 3.05) is 39.5 Å². The van der Waals surface area contributed by atoms with Gasteiger partial charge in [0.25, 0.3) is 0 Å². The van der Waals surface area contributed by atoms with E-state index in [0.717, 1.165) is 25.4 Å². The van der Waals surface area contributed by atoms with Crippen LogP contribution in [0.1, 0.15) is 0 Å². The molecule has 1 saturated heterocycles. The molecule has 5 heteroatoms. The number of nitrogens with one attached hydrogen (secondary N) is 2. The summed E-state index contributed by atoms with van der Waals surface area (Å²) in [6.45, 7) is 3.67. The van der Waals surface area contributed by atoms with Crippen molar-refractivity contribution in [1.82, 2.24) is 10.6 Å². The Balaban J connectivity index is 1.46. The van der Waals surface area contributed by atoms with Gasteiger partial charge in [0.15, 0.2) is 0 Å². The first-order valence-electron chi connectivity index (χ1n) is 6.57. The molecule has 2 rings (SSSR count). The lowest BCUT2D eigenvalue weighted by Gasteiger charge is -2.27. The highest BCUT2D eigenvalue weighted by atomic mass is 16.5. The Morgan fingerprint density at radius 2 is 2.05 bits per heavy atom. The summed E-state index contributed by atoms with van der Waals surface area (Å²) in [5, 5.41) is 6.01. The Hall–Kier alpha value is -1.59. The Labute approximate surface area is 113 Å². The highest BCUT2D eigenvalue weighted by Gasteiger charge is 2.16. The van der Waals surface area contributed by atoms with Crippen molar-refractivity contribution < 1.29 is 14.3 Å². The number of para-hydroxylation sites is 1. The molecule has 1 fully saturated rings. The second-order valence-corrected chi connectivity index (χ2v) is 4.54. The van der Waals surface area contributed by atoms with Gasteiger partial charge >= 0.3 is 0 Å². The van der Waals surface area contributed by atoms with E-state index in [9.17, 15) is 4.79 Å². The van der Waals surface area contributed by atoms with E-state index >= 15 is 0 Å². The van der Waals surface area contributed by atoms with Gasteiger partial charge in [0.1, 0.15) is 19.0 Å². The summed E-state index contributed by atoms with van der Waals surface area (Å²) < 4.78 is 10.7. The zero-order chi connectivity index (χ0) is 13.3. The predicted octanol–water partition coefficient (Wildman–Crippen LogP) is 0.418. The molecule has 0 aromatic heterocycles. The van der Waals surface area contributed by atoms with E-state index in [1.165, 1.54) is 0 Å². The van der Waals surface area contributed by atoms with Gasteiger partial charge in [-0.25, -0.2) is 0 Å². The molecule has 0 aliphatic carbocycles. The van der Waals surface area contributed by atoms with Gasteiger partial charge in [0.2, 0.25) is 5.91 Å². The molecule has 0 saturated carbocycles. The van der Waals surface area contributed by atoms with E-state index in [2.05, 4.69) is 10.6 Å². The fourth-order valence-electron chi connectivity index (χ4n) is 1.70. The maximum Gasteiger partial charge on any atom is 0.246 e. The Morgan fingerprint density at radius 3 is 2.74 bits per heavy atom. The van der Waals surface area contributed by atoms with Crippen molar-refractivity contribution in [3.8, 4) is 5.75 Å². The van der Waals surface area contributed by atoms with Crippen LogP contribution in [0.15, 0.2) is 30.3 Å². The quantitative estimate of drug-likeness (QED) is 0.668. The normalized spacial score (nSPS) is 14.7. The zero-order valence-electron chi connectivity index (χ0n) is 10.9. The van der Waals surface area contributed by atoms with E-state index in [0.29, 0.717) is 19.1 Å². The Kier molecular flexibility index (Phi) is 5.65. The number of carbonyl (C=O) groups excluding carboxylic acids is 1. The van der Waals surface area contributed by atoms with Crippen LogP contribution < -0.4 is 15.4 Å². The summed E-state index contributed by atoms with van der Waals surface area (Å²) in [5.41, 5.74) is 0. The smallest absolute Gasteiger partial charge is 0.246 e. The first-order valence-corrected chi connectivity index (χ1v) is 6.57. The number of ether oxygens (including phenoxy) is 2. The van der Waals surface area contributed by atoms with Gasteiger partial charge in [0.05, 0.1) is 6.61 Å². The van der Waals surface area contributed by atoms with Crippen LogP contribution in [0.3, 0.4) is 0 Å². The van der Waals surface area contributed by atoms with Gasteiger partial charge < -0.3 is 20.1 Å². The molecule has 5 nitrogen and oxygen atoms in total. The van der Waals surface area contributed by atoms with E-state index in [1.807, 2.05) is 30.3 Å². The Morgan fingerprint density at radius 1 is 1.26 bits per heavy atom. The lowest BCUT2D eigenvalue weighted by molar-refractivity contribution is -0.126. The number of rotatable bonds is 8. The molecule has 0 radical (unpaired) electrons. The van der Waals surface area contributed by atoms with Crippen LogP contribution in [0.2, 0.25) is 0 Å². The summed E-state index contributed by atoms with van der Waals surface area (Å²) >= 11 is 0. The number of benzene rings is 1. The average Bonchev–Trinajstić information content (AvgIpc) is 2.38. The number of hydrogen-bond donors (Lipinski definition) is 2. The van der Waals surface area contributed by atoms with Crippen molar-refractivity contribution >= 4 is 5.91 Å². The molecule has 0 unspecified atom stereocenters. The molecule has 1 aromatic carbocycles. The van der Waals surface area contributed by atoms with Crippen molar-refractivity contribution in [2.24, 2.45) is 5.92 Å². The minimum absolute atomic E-state index is 0.0633. The summed E-state index contributed by atoms with van der Waals surface area (Å²) in [5.74, 6) is 1.32. The van der Waals surface area contributed by atoms with Gasteiger partial charge in [-0.3, -0.25) is 4.79 Å². The standard InChI is InChI=1S/C14H20N2O3/c17-14(16-10-12-8-15-9-12)11-18-6-7-19-13-4-2-1-3-5-13/h1-5,12,15H,6-11H2,(H,16,17). The van der Waals surface area contributed by atoms with Gasteiger partial charge in [-0.2, -0.15) is 0 Å². The molecule has 19 heavy (non-hydrogen) atoms. The molecule has 0 spiro atoms. The lowest BCUT2D eigenvalue weighted by Crippen LogP contribution is -2.48. The molecular formula is C14H20N2O3. The molecule has 1 amide bonds. The fraction of sp³-hybridized carbons (Fsp3) is 0.500. The lowest BCUT2D eigenvalue weighted by atomic mass is 10.0. The first kappa shape index (κ1) is 13.8. The largest absolute Gasteiger partial charge is 0.491 e. The van der Waals surface area contributed by atoms with E-state index < -0.39 is 0 Å². The highest BCUT2D eigenvalue weighted by Crippen LogP contribution is 2.07. The van der Waals surface area contributed by atoms with Crippen LogP contribution >= 0.6 is 0 Å². The fourth-order valence-corrected chi connectivity index (χ4v) is 1.70. The first-order chi connectivity index (χ1) is 9.34. The van der Waals surface area contributed by atoms with Gasteiger partial charge in [0, 0.05) is 25.6 Å². The van der Waals surface area contributed by atoms with Gasteiger partial charge in [-0.1, -0.05) is 18.2 Å². The van der Waals surface area contributed by atoms with Crippen LogP contribution in [0.25, 0.3) is 0 Å². The third-order valence-electron chi connectivity index (χ3n) is 2.93. The minimum Gasteiger partial charge on any atom is -0.491 e. The van der Waals surface area contributed by atoms with E-state index in [4.69, 9.17) is 9.47 Å². The van der Waals surface area contributed by atoms with Crippen LogP contribution in [0.4, 0.5) is 0 Å². The molecule has 2 N–H and O–H groups in total. The maximum atomic E-state index is 11.4.